The summed E-state index contributed by atoms with van der Waals surface area (Å²) in [6.07, 6.45) is 0.318. The van der Waals surface area contributed by atoms with Gasteiger partial charge in [0.15, 0.2) is 22.2 Å². The molecule has 1 aromatic rings. The lowest BCUT2D eigenvalue weighted by atomic mass is 10.0. The number of carbonyl (C=O) groups excluding carboxylic acids is 2. The van der Waals surface area contributed by atoms with Gasteiger partial charge in [0, 0.05) is 0 Å². The van der Waals surface area contributed by atoms with Crippen LogP contribution in [0.2, 0.25) is 10.0 Å². The molecule has 1 aliphatic rings. The first-order valence-electron chi connectivity index (χ1n) is 7.27. The van der Waals surface area contributed by atoms with Crippen LogP contribution in [-0.2, 0) is 19.4 Å². The predicted octanol–water partition coefficient (Wildman–Crippen LogP) is 1.85. The van der Waals surface area contributed by atoms with Crippen LogP contribution in [0.1, 0.15) is 23.7 Å². The maximum Gasteiger partial charge on any atom is 0.338 e. The van der Waals surface area contributed by atoms with E-state index in [4.69, 9.17) is 32.7 Å². The molecular formula is C15H17Cl2NO6S. The fraction of sp³-hybridized carbons (Fsp3) is 0.467. The first-order valence-corrected chi connectivity index (χ1v) is 9.84. The van der Waals surface area contributed by atoms with Gasteiger partial charge in [-0.1, -0.05) is 23.2 Å². The zero-order valence-corrected chi connectivity index (χ0v) is 15.9. The number of methoxy groups -OCH3 is 1. The van der Waals surface area contributed by atoms with Crippen molar-refractivity contribution in [3.8, 4) is 5.75 Å². The third-order valence-electron chi connectivity index (χ3n) is 3.72. The Hall–Kier alpha value is -1.51. The Balaban J connectivity index is 1.95. The molecule has 138 valence electrons. The second-order valence-corrected chi connectivity index (χ2v) is 9.00. The molecule has 2 rings (SSSR count). The van der Waals surface area contributed by atoms with E-state index in [0.717, 1.165) is 0 Å². The molecule has 1 aliphatic heterocycles. The zero-order valence-electron chi connectivity index (χ0n) is 13.6. The third kappa shape index (κ3) is 4.99. The SMILES string of the molecule is COc1c(Cl)cc(C(=O)OCC(=O)N[C@@]2(C)CCS(=O)(=O)C2)cc1Cl. The van der Waals surface area contributed by atoms with Gasteiger partial charge in [0.2, 0.25) is 0 Å². The van der Waals surface area contributed by atoms with E-state index in [1.165, 1.54) is 19.2 Å². The molecule has 1 atom stereocenters. The van der Waals surface area contributed by atoms with Crippen LogP contribution < -0.4 is 10.1 Å². The Kier molecular flexibility index (Phi) is 5.86. The highest BCUT2D eigenvalue weighted by Gasteiger charge is 2.39. The highest BCUT2D eigenvalue weighted by Crippen LogP contribution is 2.34. The van der Waals surface area contributed by atoms with Crippen LogP contribution in [0.5, 0.6) is 5.75 Å². The van der Waals surface area contributed by atoms with Gasteiger partial charge in [-0.3, -0.25) is 4.79 Å². The summed E-state index contributed by atoms with van der Waals surface area (Å²) in [5.41, 5.74) is -0.784. The normalized spacial score (nSPS) is 21.6. The maximum absolute atomic E-state index is 12.0. The highest BCUT2D eigenvalue weighted by atomic mass is 35.5. The number of hydrogen-bond acceptors (Lipinski definition) is 6. The lowest BCUT2D eigenvalue weighted by Gasteiger charge is -2.23. The van der Waals surface area contributed by atoms with Crippen LogP contribution in [0.4, 0.5) is 0 Å². The molecule has 1 fully saturated rings. The molecule has 1 amide bonds. The Morgan fingerprint density at radius 2 is 1.88 bits per heavy atom. The van der Waals surface area contributed by atoms with Gasteiger partial charge in [-0.25, -0.2) is 13.2 Å². The molecule has 0 aromatic heterocycles. The van der Waals surface area contributed by atoms with Gasteiger partial charge in [-0.15, -0.1) is 0 Å². The predicted molar refractivity (Wildman–Crippen MR) is 93.1 cm³/mol. The van der Waals surface area contributed by atoms with E-state index in [1.54, 1.807) is 6.92 Å². The van der Waals surface area contributed by atoms with Crippen molar-refractivity contribution in [2.45, 2.75) is 18.9 Å². The molecule has 0 spiro atoms. The van der Waals surface area contributed by atoms with Crippen molar-refractivity contribution >= 4 is 44.9 Å². The number of carbonyl (C=O) groups is 2. The standard InChI is InChI=1S/C15H17Cl2NO6S/c1-15(3-4-25(21,22)8-15)18-12(19)7-24-14(20)9-5-10(16)13(23-2)11(17)6-9/h5-6H,3-4,7-8H2,1-2H3,(H,18,19)/t15-/m0/s1. The number of hydrogen-bond donors (Lipinski definition) is 1. The summed E-state index contributed by atoms with van der Waals surface area (Å²) in [7, 11) is -1.77. The molecule has 1 heterocycles. The zero-order chi connectivity index (χ0) is 18.8. The van der Waals surface area contributed by atoms with Gasteiger partial charge < -0.3 is 14.8 Å². The average molecular weight is 410 g/mol. The Morgan fingerprint density at radius 1 is 1.28 bits per heavy atom. The van der Waals surface area contributed by atoms with Crippen LogP contribution in [0.3, 0.4) is 0 Å². The van der Waals surface area contributed by atoms with Crippen molar-refractivity contribution in [2.75, 3.05) is 25.2 Å². The van der Waals surface area contributed by atoms with Gasteiger partial charge in [-0.2, -0.15) is 0 Å². The van der Waals surface area contributed by atoms with Crippen molar-refractivity contribution in [1.82, 2.24) is 5.32 Å². The summed E-state index contributed by atoms with van der Waals surface area (Å²) in [5, 5.41) is 2.86. The maximum atomic E-state index is 12.0. The van der Waals surface area contributed by atoms with Crippen molar-refractivity contribution in [3.63, 3.8) is 0 Å². The molecule has 1 aromatic carbocycles. The number of halogens is 2. The van der Waals surface area contributed by atoms with E-state index < -0.39 is 33.9 Å². The number of rotatable bonds is 5. The van der Waals surface area contributed by atoms with Gasteiger partial charge in [0.05, 0.1) is 39.8 Å². The highest BCUT2D eigenvalue weighted by molar-refractivity contribution is 7.91. The third-order valence-corrected chi connectivity index (χ3v) is 6.18. The summed E-state index contributed by atoms with van der Waals surface area (Å²) < 4.78 is 32.9. The summed E-state index contributed by atoms with van der Waals surface area (Å²) in [6.45, 7) is 1.09. The Morgan fingerprint density at radius 3 is 2.36 bits per heavy atom. The second kappa shape index (κ2) is 7.39. The molecule has 0 aliphatic carbocycles. The Bertz CT molecular complexity index is 787. The first-order chi connectivity index (χ1) is 11.6. The fourth-order valence-electron chi connectivity index (χ4n) is 2.57. The lowest BCUT2D eigenvalue weighted by molar-refractivity contribution is -0.125. The monoisotopic (exact) mass is 409 g/mol. The van der Waals surface area contributed by atoms with Crippen LogP contribution in [0.15, 0.2) is 12.1 Å². The van der Waals surface area contributed by atoms with Crippen molar-refractivity contribution < 1.29 is 27.5 Å². The van der Waals surface area contributed by atoms with Gasteiger partial charge >= 0.3 is 5.97 Å². The summed E-state index contributed by atoms with van der Waals surface area (Å²) >= 11 is 11.9. The summed E-state index contributed by atoms with van der Waals surface area (Å²) in [5.74, 6) is -1.26. The van der Waals surface area contributed by atoms with E-state index in [2.05, 4.69) is 5.32 Å². The van der Waals surface area contributed by atoms with Gasteiger partial charge in [0.1, 0.15) is 0 Å². The Labute approximate surface area is 155 Å². The van der Waals surface area contributed by atoms with Crippen molar-refractivity contribution in [3.05, 3.63) is 27.7 Å². The second-order valence-electron chi connectivity index (χ2n) is 6.00. The molecule has 1 saturated heterocycles. The number of benzene rings is 1. The quantitative estimate of drug-likeness (QED) is 0.744. The van der Waals surface area contributed by atoms with Gasteiger partial charge in [-0.05, 0) is 25.5 Å². The minimum Gasteiger partial charge on any atom is -0.494 e. The van der Waals surface area contributed by atoms with E-state index in [1.807, 2.05) is 0 Å². The molecule has 0 radical (unpaired) electrons. The molecule has 0 saturated carbocycles. The minimum atomic E-state index is -3.15. The lowest BCUT2D eigenvalue weighted by Crippen LogP contribution is -2.48. The number of nitrogens with one attached hydrogen (secondary N) is 1. The van der Waals surface area contributed by atoms with Crippen molar-refractivity contribution in [1.29, 1.82) is 0 Å². The summed E-state index contributed by atoms with van der Waals surface area (Å²) in [6, 6.07) is 2.63. The minimum absolute atomic E-state index is 0.0203. The van der Waals surface area contributed by atoms with E-state index >= 15 is 0 Å². The van der Waals surface area contributed by atoms with Crippen LogP contribution in [-0.4, -0.2) is 51.1 Å². The molecule has 0 bridgehead atoms. The molecule has 1 N–H and O–H groups in total. The molecule has 0 unspecified atom stereocenters. The first kappa shape index (κ1) is 19.8. The number of esters is 1. The van der Waals surface area contributed by atoms with E-state index in [0.29, 0.717) is 6.42 Å². The largest absolute Gasteiger partial charge is 0.494 e. The smallest absolute Gasteiger partial charge is 0.338 e. The molecule has 10 heteroatoms. The van der Waals surface area contributed by atoms with Crippen LogP contribution in [0.25, 0.3) is 0 Å². The van der Waals surface area contributed by atoms with Crippen LogP contribution >= 0.6 is 23.2 Å². The summed E-state index contributed by atoms with van der Waals surface area (Å²) in [4.78, 5) is 23.9. The number of amides is 1. The topological polar surface area (TPSA) is 98.8 Å². The molecular weight excluding hydrogens is 393 g/mol. The number of ether oxygens (including phenoxy) is 2. The van der Waals surface area contributed by atoms with Gasteiger partial charge in [0.25, 0.3) is 5.91 Å². The molecule has 25 heavy (non-hydrogen) atoms. The number of sulfone groups is 1. The average Bonchev–Trinajstić information content (AvgIpc) is 2.77. The fourth-order valence-corrected chi connectivity index (χ4v) is 5.30. The van der Waals surface area contributed by atoms with Crippen molar-refractivity contribution in [2.24, 2.45) is 0 Å². The molecule has 7 nitrogen and oxygen atoms in total. The van der Waals surface area contributed by atoms with E-state index in [9.17, 15) is 18.0 Å². The van der Waals surface area contributed by atoms with Crippen LogP contribution in [0, 0.1) is 0 Å². The van der Waals surface area contributed by atoms with E-state index in [-0.39, 0.29) is 32.9 Å².